The third-order valence-corrected chi connectivity index (χ3v) is 3.58. The standard InChI is InChI=1S/C15H21N2O4P.2C2H6/c1-10(18)17(11(2)19)13-7-5-12(6-8-13)9-14(16(3)22)15(20)21-4;2*1-2/h5-8,14H,9,22H2,1-4H3;2*1-2H3/t14-;;/m0../s1. The van der Waals surface area contributed by atoms with Crippen molar-refractivity contribution < 1.29 is 19.1 Å². The minimum absolute atomic E-state index is 0.323. The van der Waals surface area contributed by atoms with Crippen molar-refractivity contribution in [3.63, 3.8) is 0 Å². The van der Waals surface area contributed by atoms with Gasteiger partial charge in [-0.3, -0.25) is 24.0 Å². The summed E-state index contributed by atoms with van der Waals surface area (Å²) < 4.78 is 6.48. The Bertz CT molecular complexity index is 545. The summed E-state index contributed by atoms with van der Waals surface area (Å²) in [5.41, 5.74) is 1.41. The Balaban J connectivity index is 0. The zero-order chi connectivity index (χ0) is 20.9. The third-order valence-electron chi connectivity index (χ3n) is 3.22. The lowest BCUT2D eigenvalue weighted by Crippen LogP contribution is -2.35. The van der Waals surface area contributed by atoms with E-state index in [1.165, 1.54) is 21.0 Å². The predicted octanol–water partition coefficient (Wildman–Crippen LogP) is 3.44. The average molecular weight is 384 g/mol. The van der Waals surface area contributed by atoms with Crippen LogP contribution in [0.3, 0.4) is 0 Å². The third kappa shape index (κ3) is 8.54. The zero-order valence-electron chi connectivity index (χ0n) is 17.2. The van der Waals surface area contributed by atoms with Crippen LogP contribution in [0.15, 0.2) is 24.3 Å². The van der Waals surface area contributed by atoms with Crippen LogP contribution in [0.1, 0.15) is 47.1 Å². The summed E-state index contributed by atoms with van der Waals surface area (Å²) in [4.78, 5) is 35.8. The fourth-order valence-electron chi connectivity index (χ4n) is 2.12. The molecule has 0 saturated carbocycles. The van der Waals surface area contributed by atoms with E-state index < -0.39 is 6.04 Å². The second kappa shape index (κ2) is 14.4. The predicted molar refractivity (Wildman–Crippen MR) is 110 cm³/mol. The van der Waals surface area contributed by atoms with Gasteiger partial charge in [-0.15, -0.1) is 0 Å². The molecule has 0 aromatic heterocycles. The second-order valence-electron chi connectivity index (χ2n) is 4.95. The minimum atomic E-state index is -0.419. The molecule has 0 fully saturated rings. The molecule has 6 nitrogen and oxygen atoms in total. The highest BCUT2D eigenvalue weighted by Crippen LogP contribution is 2.18. The lowest BCUT2D eigenvalue weighted by Gasteiger charge is -2.22. The van der Waals surface area contributed by atoms with Crippen LogP contribution in [-0.2, 0) is 25.5 Å². The number of hydrogen-bond acceptors (Lipinski definition) is 5. The Morgan fingerprint density at radius 2 is 1.42 bits per heavy atom. The number of carbonyl (C=O) groups is 3. The maximum absolute atomic E-state index is 11.7. The number of likely N-dealkylation sites (N-methyl/N-ethyl adjacent to an activating group) is 1. The highest BCUT2D eigenvalue weighted by molar-refractivity contribution is 7.13. The number of amides is 2. The van der Waals surface area contributed by atoms with Gasteiger partial charge >= 0.3 is 5.97 Å². The molecule has 26 heavy (non-hydrogen) atoms. The molecule has 0 spiro atoms. The van der Waals surface area contributed by atoms with Gasteiger partial charge in [-0.05, 0) is 31.2 Å². The fourth-order valence-corrected chi connectivity index (χ4v) is 2.35. The number of anilines is 1. The number of ether oxygens (including phenoxy) is 1. The van der Waals surface area contributed by atoms with E-state index in [4.69, 9.17) is 4.74 Å². The topological polar surface area (TPSA) is 66.9 Å². The van der Waals surface area contributed by atoms with Crippen molar-refractivity contribution in [3.8, 4) is 0 Å². The Kier molecular flexibility index (Phi) is 14.6. The van der Waals surface area contributed by atoms with Crippen LogP contribution in [0, 0.1) is 0 Å². The van der Waals surface area contributed by atoms with Gasteiger partial charge in [0.05, 0.1) is 12.8 Å². The number of hydrogen-bond donors (Lipinski definition) is 0. The first-order chi connectivity index (χ1) is 12.3. The second-order valence-corrected chi connectivity index (χ2v) is 5.76. The van der Waals surface area contributed by atoms with E-state index in [-0.39, 0.29) is 17.8 Å². The van der Waals surface area contributed by atoms with E-state index in [1.54, 1.807) is 36.0 Å². The summed E-state index contributed by atoms with van der Waals surface area (Å²) in [6, 6.07) is 6.54. The number of methoxy groups -OCH3 is 1. The van der Waals surface area contributed by atoms with Gasteiger partial charge in [-0.1, -0.05) is 49.2 Å². The monoisotopic (exact) mass is 384 g/mol. The largest absolute Gasteiger partial charge is 0.468 e. The van der Waals surface area contributed by atoms with Crippen molar-refractivity contribution in [1.82, 2.24) is 4.67 Å². The van der Waals surface area contributed by atoms with Crippen LogP contribution in [0.4, 0.5) is 5.69 Å². The summed E-state index contributed by atoms with van der Waals surface area (Å²) in [5.74, 6) is -0.995. The zero-order valence-corrected chi connectivity index (χ0v) is 18.4. The van der Waals surface area contributed by atoms with Crippen molar-refractivity contribution in [2.45, 2.75) is 54.0 Å². The highest BCUT2D eigenvalue weighted by Gasteiger charge is 2.22. The summed E-state index contributed by atoms with van der Waals surface area (Å²) >= 11 is 0. The molecule has 0 radical (unpaired) electrons. The molecule has 1 unspecified atom stereocenters. The molecule has 1 aromatic rings. The Hall–Kier alpha value is -1.78. The molecule has 0 saturated heterocycles. The maximum Gasteiger partial charge on any atom is 0.323 e. The molecule has 0 N–H and O–H groups in total. The number of esters is 1. The van der Waals surface area contributed by atoms with Crippen LogP contribution in [0.25, 0.3) is 0 Å². The number of carbonyl (C=O) groups excluding carboxylic acids is 3. The molecular formula is C19H33N2O4P. The molecule has 7 heteroatoms. The SMILES string of the molecule is CC.CC.COC(=O)[C@H](Cc1ccc(N(C(C)=O)C(C)=O)cc1)N(C)P. The van der Waals surface area contributed by atoms with Crippen LogP contribution in [0.5, 0.6) is 0 Å². The van der Waals surface area contributed by atoms with E-state index in [2.05, 4.69) is 9.39 Å². The molecule has 0 aliphatic rings. The number of benzene rings is 1. The summed E-state index contributed by atoms with van der Waals surface area (Å²) in [5, 5.41) is 0. The van der Waals surface area contributed by atoms with Crippen LogP contribution in [0.2, 0.25) is 0 Å². The van der Waals surface area contributed by atoms with Crippen LogP contribution in [-0.4, -0.2) is 42.7 Å². The fraction of sp³-hybridized carbons (Fsp3) is 0.526. The summed E-state index contributed by atoms with van der Waals surface area (Å²) in [6.07, 6.45) is 0.465. The van der Waals surface area contributed by atoms with E-state index >= 15 is 0 Å². The van der Waals surface area contributed by atoms with Crippen LogP contribution >= 0.6 is 9.39 Å². The molecule has 0 bridgehead atoms. The molecule has 148 valence electrons. The Labute approximate surface area is 160 Å². The molecule has 1 aromatic carbocycles. The van der Waals surface area contributed by atoms with Crippen molar-refractivity contribution in [2.75, 3.05) is 19.1 Å². The summed E-state index contributed by atoms with van der Waals surface area (Å²) in [7, 11) is 5.57. The van der Waals surface area contributed by atoms with Crippen molar-refractivity contribution in [3.05, 3.63) is 29.8 Å². The van der Waals surface area contributed by atoms with E-state index in [1.807, 2.05) is 27.7 Å². The molecule has 0 heterocycles. The van der Waals surface area contributed by atoms with Crippen molar-refractivity contribution >= 4 is 32.9 Å². The molecule has 2 amide bonds. The average Bonchev–Trinajstić information content (AvgIpc) is 2.63. The molecular weight excluding hydrogens is 351 g/mol. The molecule has 0 aliphatic heterocycles. The maximum atomic E-state index is 11.7. The van der Waals surface area contributed by atoms with Gasteiger partial charge in [0.25, 0.3) is 0 Å². The highest BCUT2D eigenvalue weighted by atomic mass is 31.0. The van der Waals surface area contributed by atoms with E-state index in [0.717, 1.165) is 10.5 Å². The van der Waals surface area contributed by atoms with Crippen molar-refractivity contribution in [2.24, 2.45) is 0 Å². The number of imide groups is 1. The minimum Gasteiger partial charge on any atom is -0.468 e. The van der Waals surface area contributed by atoms with Gasteiger partial charge in [0.2, 0.25) is 11.8 Å². The quantitative estimate of drug-likeness (QED) is 0.575. The van der Waals surface area contributed by atoms with Crippen LogP contribution < -0.4 is 4.90 Å². The molecule has 1 rings (SSSR count). The Morgan fingerprint density at radius 1 is 1.00 bits per heavy atom. The van der Waals surface area contributed by atoms with Gasteiger partial charge in [0.15, 0.2) is 0 Å². The normalized spacial score (nSPS) is 10.5. The Morgan fingerprint density at radius 3 is 1.73 bits per heavy atom. The first-order valence-corrected chi connectivity index (χ1v) is 9.25. The van der Waals surface area contributed by atoms with E-state index in [0.29, 0.717) is 12.1 Å². The number of nitrogens with zero attached hydrogens (tertiary/aromatic N) is 2. The lowest BCUT2D eigenvalue weighted by molar-refractivity contribution is -0.144. The van der Waals surface area contributed by atoms with E-state index in [9.17, 15) is 14.4 Å². The van der Waals surface area contributed by atoms with Gasteiger partial charge in [0.1, 0.15) is 6.04 Å². The lowest BCUT2D eigenvalue weighted by atomic mass is 10.1. The van der Waals surface area contributed by atoms with Gasteiger partial charge < -0.3 is 4.74 Å². The van der Waals surface area contributed by atoms with Crippen molar-refractivity contribution in [1.29, 1.82) is 0 Å². The first kappa shape index (κ1) is 26.4. The molecule has 0 aliphatic carbocycles. The van der Waals surface area contributed by atoms with Gasteiger partial charge in [-0.2, -0.15) is 0 Å². The smallest absolute Gasteiger partial charge is 0.323 e. The first-order valence-electron chi connectivity index (χ1n) is 8.73. The van der Waals surface area contributed by atoms with Gasteiger partial charge in [0, 0.05) is 13.8 Å². The number of rotatable bonds is 5. The summed E-state index contributed by atoms with van der Waals surface area (Å²) in [6.45, 7) is 10.7. The molecule has 2 atom stereocenters. The van der Waals surface area contributed by atoms with Gasteiger partial charge in [-0.25, -0.2) is 0 Å².